The Balaban J connectivity index is 1.28. The van der Waals surface area contributed by atoms with Crippen molar-refractivity contribution >= 4 is 75.1 Å². The van der Waals surface area contributed by atoms with Crippen LogP contribution in [0.4, 0.5) is 0 Å². The smallest absolute Gasteiger partial charge is 0.0555 e. The van der Waals surface area contributed by atoms with E-state index in [4.69, 9.17) is 0 Å². The molecule has 3 heterocycles. The molecule has 0 bridgehead atoms. The molecule has 0 aliphatic carbocycles. The van der Waals surface area contributed by atoms with Gasteiger partial charge in [-0.25, -0.2) is 0 Å². The topological polar surface area (TPSA) is 9.86 Å². The van der Waals surface area contributed by atoms with Crippen molar-refractivity contribution in [2.75, 3.05) is 0 Å². The molecule has 3 aromatic heterocycles. The summed E-state index contributed by atoms with van der Waals surface area (Å²) in [7, 11) is 0. The monoisotopic (exact) mass is 590 g/mol. The Kier molecular flexibility index (Phi) is 5.19. The Morgan fingerprint density at radius 2 is 0.867 bits per heavy atom. The van der Waals surface area contributed by atoms with Gasteiger partial charge in [-0.2, -0.15) is 0 Å². The van der Waals surface area contributed by atoms with Crippen molar-refractivity contribution in [3.63, 3.8) is 0 Å². The summed E-state index contributed by atoms with van der Waals surface area (Å²) in [4.78, 5) is 0. The Bertz CT molecular complexity index is 2730. The number of rotatable bonds is 3. The molecule has 10 aromatic rings. The Labute approximate surface area is 263 Å². The van der Waals surface area contributed by atoms with E-state index in [1.807, 2.05) is 11.3 Å². The molecule has 0 spiro atoms. The number of nitrogens with zero attached hydrogens (tertiary/aromatic N) is 2. The van der Waals surface area contributed by atoms with E-state index in [1.165, 1.54) is 86.3 Å². The molecule has 0 unspecified atom stereocenters. The maximum Gasteiger partial charge on any atom is 0.0555 e. The highest BCUT2D eigenvalue weighted by molar-refractivity contribution is 7.27. The zero-order chi connectivity index (χ0) is 29.5. The molecule has 0 saturated heterocycles. The van der Waals surface area contributed by atoms with Crippen molar-refractivity contribution in [3.8, 4) is 22.5 Å². The fraction of sp³-hybridized carbons (Fsp3) is 0. The Morgan fingerprint density at radius 3 is 1.58 bits per heavy atom. The quantitative estimate of drug-likeness (QED) is 0.194. The van der Waals surface area contributed by atoms with Gasteiger partial charge in [0.15, 0.2) is 0 Å². The summed E-state index contributed by atoms with van der Waals surface area (Å²) < 4.78 is 7.52. The van der Waals surface area contributed by atoms with Gasteiger partial charge in [-0.3, -0.25) is 0 Å². The minimum absolute atomic E-state index is 1.17. The van der Waals surface area contributed by atoms with Crippen LogP contribution in [-0.2, 0) is 0 Å². The van der Waals surface area contributed by atoms with Crippen LogP contribution in [0.5, 0.6) is 0 Å². The third kappa shape index (κ3) is 3.50. The highest BCUT2D eigenvalue weighted by atomic mass is 32.1. The number of hydrogen-bond acceptors (Lipinski definition) is 1. The van der Waals surface area contributed by atoms with Crippen molar-refractivity contribution < 1.29 is 0 Å². The molecular weight excluding hydrogens is 565 g/mol. The lowest BCUT2D eigenvalue weighted by molar-refractivity contribution is 1.18. The average Bonchev–Trinajstić information content (AvgIpc) is 3.76. The second kappa shape index (κ2) is 9.43. The van der Waals surface area contributed by atoms with E-state index in [-0.39, 0.29) is 0 Å². The number of hydrogen-bond donors (Lipinski definition) is 0. The molecule has 10 rings (SSSR count). The number of aromatic nitrogens is 2. The standard InChI is InChI=1S/C42H26N2S/c1-3-11-27(12-4-1)28-19-21-30(22-20-28)44-34-17-9-7-15-31(34)39-36(44)25-26-38-41(39)33-23-24-37-40(42(33)45-38)32-16-8-10-18-35(32)43(37)29-13-5-2-6-14-29/h1-26H. The summed E-state index contributed by atoms with van der Waals surface area (Å²) >= 11 is 1.92. The largest absolute Gasteiger partial charge is 0.309 e. The SMILES string of the molecule is c1ccc(-c2ccc(-n3c4ccccc4c4c5c(ccc43)sc3c5ccc4c3c3ccccc3n4-c3ccccc3)cc2)cc1. The highest BCUT2D eigenvalue weighted by Gasteiger charge is 2.21. The van der Waals surface area contributed by atoms with E-state index in [9.17, 15) is 0 Å². The van der Waals surface area contributed by atoms with Crippen molar-refractivity contribution in [1.29, 1.82) is 0 Å². The number of benzene rings is 7. The van der Waals surface area contributed by atoms with Crippen molar-refractivity contribution in [2.24, 2.45) is 0 Å². The summed E-state index contributed by atoms with van der Waals surface area (Å²) in [5.41, 5.74) is 9.78. The number of para-hydroxylation sites is 3. The fourth-order valence-electron chi connectivity index (χ4n) is 7.40. The van der Waals surface area contributed by atoms with Crippen molar-refractivity contribution in [1.82, 2.24) is 9.13 Å². The lowest BCUT2D eigenvalue weighted by atomic mass is 10.0. The maximum absolute atomic E-state index is 2.43. The van der Waals surface area contributed by atoms with Gasteiger partial charge in [-0.1, -0.05) is 103 Å². The van der Waals surface area contributed by atoms with Crippen LogP contribution in [0.2, 0.25) is 0 Å². The molecule has 7 aromatic carbocycles. The van der Waals surface area contributed by atoms with Crippen molar-refractivity contribution in [3.05, 3.63) is 158 Å². The van der Waals surface area contributed by atoms with Crippen LogP contribution in [-0.4, -0.2) is 9.13 Å². The normalized spacial score (nSPS) is 12.0. The molecule has 0 N–H and O–H groups in total. The van der Waals surface area contributed by atoms with Crippen LogP contribution in [0.15, 0.2) is 158 Å². The molecular formula is C42H26N2S. The van der Waals surface area contributed by atoms with E-state index in [0.29, 0.717) is 0 Å². The van der Waals surface area contributed by atoms with Crippen LogP contribution in [0, 0.1) is 0 Å². The molecule has 0 fully saturated rings. The first kappa shape index (κ1) is 24.8. The van der Waals surface area contributed by atoms with Crippen LogP contribution in [0.25, 0.3) is 86.3 Å². The zero-order valence-corrected chi connectivity index (χ0v) is 25.1. The molecule has 2 nitrogen and oxygen atoms in total. The predicted octanol–water partition coefficient (Wildman–Crippen LogP) is 11.9. The third-order valence-corrected chi connectivity index (χ3v) is 10.5. The van der Waals surface area contributed by atoms with Gasteiger partial charge in [0.25, 0.3) is 0 Å². The maximum atomic E-state index is 2.43. The first-order chi connectivity index (χ1) is 22.3. The average molecular weight is 591 g/mol. The predicted molar refractivity (Wildman–Crippen MR) is 193 cm³/mol. The molecule has 0 aliphatic rings. The van der Waals surface area contributed by atoms with Crippen LogP contribution < -0.4 is 0 Å². The first-order valence-electron chi connectivity index (χ1n) is 15.4. The molecule has 45 heavy (non-hydrogen) atoms. The minimum Gasteiger partial charge on any atom is -0.309 e. The third-order valence-electron chi connectivity index (χ3n) is 9.32. The van der Waals surface area contributed by atoms with Gasteiger partial charge in [0.05, 0.1) is 22.1 Å². The minimum atomic E-state index is 1.17. The van der Waals surface area contributed by atoms with E-state index >= 15 is 0 Å². The number of thiophene rings is 1. The van der Waals surface area contributed by atoms with Gasteiger partial charge >= 0.3 is 0 Å². The lowest BCUT2D eigenvalue weighted by Gasteiger charge is -2.09. The van der Waals surface area contributed by atoms with Gasteiger partial charge in [0.1, 0.15) is 0 Å². The lowest BCUT2D eigenvalue weighted by Crippen LogP contribution is -1.93. The van der Waals surface area contributed by atoms with E-state index in [1.54, 1.807) is 0 Å². The van der Waals surface area contributed by atoms with Gasteiger partial charge in [0.2, 0.25) is 0 Å². The summed E-state index contributed by atoms with van der Waals surface area (Å²) in [5, 5.41) is 7.92. The van der Waals surface area contributed by atoms with Crippen molar-refractivity contribution in [2.45, 2.75) is 0 Å². The molecule has 210 valence electrons. The van der Waals surface area contributed by atoms with E-state index in [0.717, 1.165) is 0 Å². The second-order valence-electron chi connectivity index (χ2n) is 11.7. The molecule has 0 aliphatic heterocycles. The molecule has 0 saturated carbocycles. The molecule has 0 amide bonds. The zero-order valence-electron chi connectivity index (χ0n) is 24.3. The molecule has 0 atom stereocenters. The van der Waals surface area contributed by atoms with Crippen LogP contribution >= 0.6 is 11.3 Å². The Morgan fingerprint density at radius 1 is 0.333 bits per heavy atom. The van der Waals surface area contributed by atoms with E-state index < -0.39 is 0 Å². The summed E-state index contributed by atoms with van der Waals surface area (Å²) in [5.74, 6) is 0. The van der Waals surface area contributed by atoms with E-state index in [2.05, 4.69) is 167 Å². The number of fused-ring (bicyclic) bond motifs is 11. The first-order valence-corrected chi connectivity index (χ1v) is 16.2. The highest BCUT2D eigenvalue weighted by Crippen LogP contribution is 2.47. The van der Waals surface area contributed by atoms with Gasteiger partial charge in [-0.05, 0) is 65.7 Å². The Hall–Kier alpha value is -5.64. The summed E-state index contributed by atoms with van der Waals surface area (Å²) in [6, 6.07) is 57.4. The van der Waals surface area contributed by atoms with Gasteiger partial charge < -0.3 is 9.13 Å². The summed E-state index contributed by atoms with van der Waals surface area (Å²) in [6.45, 7) is 0. The van der Waals surface area contributed by atoms with Gasteiger partial charge in [0, 0.05) is 53.1 Å². The molecule has 0 radical (unpaired) electrons. The molecule has 3 heteroatoms. The van der Waals surface area contributed by atoms with Crippen LogP contribution in [0.1, 0.15) is 0 Å². The fourth-order valence-corrected chi connectivity index (χ4v) is 8.67. The van der Waals surface area contributed by atoms with Crippen LogP contribution in [0.3, 0.4) is 0 Å². The second-order valence-corrected chi connectivity index (χ2v) is 12.8. The van der Waals surface area contributed by atoms with Gasteiger partial charge in [-0.15, -0.1) is 11.3 Å². The summed E-state index contributed by atoms with van der Waals surface area (Å²) in [6.07, 6.45) is 0.